The fraction of sp³-hybridized carbons (Fsp3) is 0.500. The summed E-state index contributed by atoms with van der Waals surface area (Å²) in [6.45, 7) is 3.58. The van der Waals surface area contributed by atoms with E-state index in [4.69, 9.17) is 19.2 Å². The number of carbonyl (C=O) groups excluding carboxylic acids is 1. The second kappa shape index (κ2) is 11.8. The van der Waals surface area contributed by atoms with E-state index in [0.717, 1.165) is 47.8 Å². The van der Waals surface area contributed by atoms with E-state index >= 15 is 0 Å². The molecule has 1 saturated carbocycles. The summed E-state index contributed by atoms with van der Waals surface area (Å²) in [5.74, 6) is 0.784. The Morgan fingerprint density at radius 3 is 2.44 bits per heavy atom. The molecular formula is C28H34F2N2O4. The number of ether oxygens (including phenoxy) is 3. The molecule has 194 valence electrons. The lowest BCUT2D eigenvalue weighted by Gasteiger charge is -2.29. The Hall–Kier alpha value is -3.00. The molecule has 0 N–H and O–H groups in total. The maximum atomic E-state index is 12.8. The number of alkyl halides is 2. The van der Waals surface area contributed by atoms with Crippen LogP contribution in [0.5, 0.6) is 11.8 Å². The van der Waals surface area contributed by atoms with Gasteiger partial charge < -0.3 is 19.0 Å². The van der Waals surface area contributed by atoms with Crippen molar-refractivity contribution in [3.8, 4) is 22.9 Å². The van der Waals surface area contributed by atoms with Gasteiger partial charge in [0.25, 0.3) is 12.4 Å². The lowest BCUT2D eigenvalue weighted by molar-refractivity contribution is -0.118. The minimum atomic E-state index is -2.55. The number of carbonyl (C=O) groups is 1. The molecule has 1 fully saturated rings. The molecule has 0 bridgehead atoms. The Morgan fingerprint density at radius 2 is 1.78 bits per heavy atom. The van der Waals surface area contributed by atoms with Crippen molar-refractivity contribution in [1.82, 2.24) is 9.55 Å². The summed E-state index contributed by atoms with van der Waals surface area (Å²) in [6.07, 6.45) is 1.67. The van der Waals surface area contributed by atoms with Gasteiger partial charge in [0.2, 0.25) is 0 Å². The van der Waals surface area contributed by atoms with Crippen LogP contribution in [-0.4, -0.2) is 47.2 Å². The molecule has 0 aliphatic heterocycles. The molecule has 0 unspecified atom stereocenters. The van der Waals surface area contributed by atoms with Crippen LogP contribution in [-0.2, 0) is 16.6 Å². The Morgan fingerprint density at radius 1 is 1.08 bits per heavy atom. The summed E-state index contributed by atoms with van der Waals surface area (Å²) in [7, 11) is 1.86. The lowest BCUT2D eigenvalue weighted by atomic mass is 9.95. The van der Waals surface area contributed by atoms with Gasteiger partial charge in [0, 0.05) is 31.7 Å². The highest BCUT2D eigenvalue weighted by molar-refractivity contribution is 5.94. The van der Waals surface area contributed by atoms with Gasteiger partial charge in [-0.2, -0.15) is 4.98 Å². The normalized spacial score (nSPS) is 18.9. The zero-order chi connectivity index (χ0) is 25.7. The van der Waals surface area contributed by atoms with Crippen LogP contribution < -0.4 is 9.47 Å². The molecule has 4 rings (SSSR count). The Balaban J connectivity index is 1.47. The van der Waals surface area contributed by atoms with E-state index in [1.54, 1.807) is 19.1 Å². The predicted octanol–water partition coefficient (Wildman–Crippen LogP) is 6.21. The number of benzene rings is 2. The molecule has 0 amide bonds. The van der Waals surface area contributed by atoms with Gasteiger partial charge in [-0.25, -0.2) is 8.78 Å². The van der Waals surface area contributed by atoms with Gasteiger partial charge in [-0.05, 0) is 50.2 Å². The van der Waals surface area contributed by atoms with Crippen LogP contribution in [0.2, 0.25) is 0 Å². The second-order valence-electron chi connectivity index (χ2n) is 9.72. The number of imidazole rings is 1. The Bertz CT molecular complexity index is 1160. The maximum absolute atomic E-state index is 12.8. The standard InChI is InChI=1S/C28H34F2N2O4/c1-18(13-19(2)33)16-34-21-9-11-22(12-10-21)36-28-31-27-24(20-7-5-4-6-8-20)14-23(35-17-26(29)30)15-25(27)32(28)3/h4-8,14-15,18,21-22,26H,9-13,16-17H2,1-3H3/t18-,21?,22?/m1/s1. The van der Waals surface area contributed by atoms with Gasteiger partial charge in [0.1, 0.15) is 29.8 Å². The first kappa shape index (κ1) is 26.1. The number of Topliss-reactive ketones (excluding diaryl/α,β-unsaturated/α-hetero) is 1. The predicted molar refractivity (Wildman–Crippen MR) is 135 cm³/mol. The van der Waals surface area contributed by atoms with Gasteiger partial charge >= 0.3 is 0 Å². The van der Waals surface area contributed by atoms with Crippen LogP contribution in [0, 0.1) is 5.92 Å². The molecule has 3 aromatic rings. The van der Waals surface area contributed by atoms with Crippen molar-refractivity contribution in [3.63, 3.8) is 0 Å². The molecule has 0 saturated heterocycles. The molecule has 1 heterocycles. The topological polar surface area (TPSA) is 62.6 Å². The fourth-order valence-corrected chi connectivity index (χ4v) is 4.74. The third kappa shape index (κ3) is 6.60. The zero-order valence-electron chi connectivity index (χ0n) is 21.1. The number of hydrogen-bond donors (Lipinski definition) is 0. The van der Waals surface area contributed by atoms with Gasteiger partial charge in [-0.1, -0.05) is 37.3 Å². The molecule has 1 aliphatic carbocycles. The average molecular weight is 501 g/mol. The third-order valence-electron chi connectivity index (χ3n) is 6.53. The number of rotatable bonds is 11. The summed E-state index contributed by atoms with van der Waals surface area (Å²) >= 11 is 0. The van der Waals surface area contributed by atoms with Gasteiger partial charge in [0.15, 0.2) is 0 Å². The number of halogens is 2. The summed E-state index contributed by atoms with van der Waals surface area (Å²) in [5, 5.41) is 0. The quantitative estimate of drug-likeness (QED) is 0.313. The van der Waals surface area contributed by atoms with Crippen LogP contribution >= 0.6 is 0 Å². The van der Waals surface area contributed by atoms with Crippen LogP contribution in [0.4, 0.5) is 8.78 Å². The molecule has 8 heteroatoms. The van der Waals surface area contributed by atoms with E-state index in [0.29, 0.717) is 24.8 Å². The van der Waals surface area contributed by atoms with E-state index in [1.807, 2.05) is 48.9 Å². The third-order valence-corrected chi connectivity index (χ3v) is 6.53. The number of nitrogens with zero attached hydrogens (tertiary/aromatic N) is 2. The molecule has 1 atom stereocenters. The Kier molecular flexibility index (Phi) is 8.56. The summed E-state index contributed by atoms with van der Waals surface area (Å²) in [6, 6.07) is 13.7. The van der Waals surface area contributed by atoms with E-state index in [2.05, 4.69) is 0 Å². The van der Waals surface area contributed by atoms with E-state index in [-0.39, 0.29) is 23.9 Å². The van der Waals surface area contributed by atoms with Crippen molar-refractivity contribution in [1.29, 1.82) is 0 Å². The molecule has 6 nitrogen and oxygen atoms in total. The van der Waals surface area contributed by atoms with Crippen LogP contribution in [0.25, 0.3) is 22.2 Å². The van der Waals surface area contributed by atoms with E-state index < -0.39 is 13.0 Å². The second-order valence-corrected chi connectivity index (χ2v) is 9.72. The van der Waals surface area contributed by atoms with Gasteiger partial charge in [0.05, 0.1) is 11.6 Å². The summed E-state index contributed by atoms with van der Waals surface area (Å²) < 4.78 is 45.1. The van der Waals surface area contributed by atoms with Crippen molar-refractivity contribution >= 4 is 16.8 Å². The smallest absolute Gasteiger partial charge is 0.297 e. The summed E-state index contributed by atoms with van der Waals surface area (Å²) in [5.41, 5.74) is 3.22. The molecule has 1 aliphatic rings. The molecule has 0 spiro atoms. The zero-order valence-corrected chi connectivity index (χ0v) is 21.1. The highest BCUT2D eigenvalue weighted by Crippen LogP contribution is 2.36. The first-order valence-electron chi connectivity index (χ1n) is 12.5. The van der Waals surface area contributed by atoms with Gasteiger partial charge in [-0.3, -0.25) is 4.57 Å². The summed E-state index contributed by atoms with van der Waals surface area (Å²) in [4.78, 5) is 16.1. The van der Waals surface area contributed by atoms with Crippen LogP contribution in [0.3, 0.4) is 0 Å². The average Bonchev–Trinajstić information content (AvgIpc) is 3.17. The minimum absolute atomic E-state index is 0.0183. The number of aromatic nitrogens is 2. The first-order valence-corrected chi connectivity index (χ1v) is 12.5. The van der Waals surface area contributed by atoms with Crippen molar-refractivity contribution in [3.05, 3.63) is 42.5 Å². The highest BCUT2D eigenvalue weighted by Gasteiger charge is 2.26. The number of aryl methyl sites for hydroxylation is 1. The first-order chi connectivity index (χ1) is 17.3. The molecule has 36 heavy (non-hydrogen) atoms. The highest BCUT2D eigenvalue weighted by atomic mass is 19.3. The van der Waals surface area contributed by atoms with Crippen molar-refractivity contribution in [2.45, 2.75) is 64.6 Å². The minimum Gasteiger partial charge on any atom is -0.488 e. The Labute approximate surface area is 210 Å². The van der Waals surface area contributed by atoms with Crippen LogP contribution in [0.15, 0.2) is 42.5 Å². The van der Waals surface area contributed by atoms with E-state index in [9.17, 15) is 13.6 Å². The molecule has 1 aromatic heterocycles. The van der Waals surface area contributed by atoms with Crippen molar-refractivity contribution < 1.29 is 27.8 Å². The number of fused-ring (bicyclic) bond motifs is 1. The van der Waals surface area contributed by atoms with Gasteiger partial charge in [-0.15, -0.1) is 0 Å². The SMILES string of the molecule is CC(=O)C[C@@H](C)COC1CCC(Oc2nc3c(-c4ccccc4)cc(OCC(F)F)cc3n2C)CC1. The molecule has 0 radical (unpaired) electrons. The van der Waals surface area contributed by atoms with Crippen molar-refractivity contribution in [2.75, 3.05) is 13.2 Å². The number of ketones is 1. The molecular weight excluding hydrogens is 466 g/mol. The van der Waals surface area contributed by atoms with E-state index in [1.165, 1.54) is 0 Å². The number of hydrogen-bond acceptors (Lipinski definition) is 5. The fourth-order valence-electron chi connectivity index (χ4n) is 4.74. The lowest BCUT2D eigenvalue weighted by Crippen LogP contribution is -2.30. The molecule has 2 aromatic carbocycles. The van der Waals surface area contributed by atoms with Crippen LogP contribution in [0.1, 0.15) is 46.0 Å². The maximum Gasteiger partial charge on any atom is 0.297 e. The largest absolute Gasteiger partial charge is 0.488 e. The monoisotopic (exact) mass is 500 g/mol. The van der Waals surface area contributed by atoms with Crippen molar-refractivity contribution in [2.24, 2.45) is 13.0 Å².